The summed E-state index contributed by atoms with van der Waals surface area (Å²) < 4.78 is 12.3. The van der Waals surface area contributed by atoms with Crippen LogP contribution in [0.1, 0.15) is 39.3 Å². The summed E-state index contributed by atoms with van der Waals surface area (Å²) in [7, 11) is 0. The summed E-state index contributed by atoms with van der Waals surface area (Å²) >= 11 is 1.67. The van der Waals surface area contributed by atoms with E-state index in [9.17, 15) is 9.59 Å². The van der Waals surface area contributed by atoms with Gasteiger partial charge in [-0.25, -0.2) is 4.79 Å². The molecular weight excluding hydrogens is 366 g/mol. The molecule has 0 aliphatic carbocycles. The van der Waals surface area contributed by atoms with Crippen LogP contribution in [0.4, 0.5) is 5.82 Å². The van der Waals surface area contributed by atoms with Crippen molar-refractivity contribution in [1.82, 2.24) is 9.72 Å². The first-order valence-electron chi connectivity index (χ1n) is 8.49. The highest BCUT2D eigenvalue weighted by Gasteiger charge is 2.23. The summed E-state index contributed by atoms with van der Waals surface area (Å²) in [4.78, 5) is 25.9. The summed E-state index contributed by atoms with van der Waals surface area (Å²) in [5.41, 5.74) is 2.23. The Morgan fingerprint density at radius 2 is 2.11 bits per heavy atom. The summed E-state index contributed by atoms with van der Waals surface area (Å²) in [5, 5.41) is 8.27. The largest absolute Gasteiger partial charge is 0.449 e. The fourth-order valence-electron chi connectivity index (χ4n) is 2.74. The van der Waals surface area contributed by atoms with Gasteiger partial charge in [-0.15, -0.1) is 11.3 Å². The van der Waals surface area contributed by atoms with E-state index in [1.165, 1.54) is 11.8 Å². The highest BCUT2D eigenvalue weighted by molar-refractivity contribution is 7.09. The number of carbonyl (C=O) groups excluding carboxylic acids is 2. The number of thiophene rings is 1. The molecule has 7 nitrogen and oxygen atoms in total. The number of carbonyl (C=O) groups is 2. The van der Waals surface area contributed by atoms with Crippen LogP contribution in [-0.4, -0.2) is 27.7 Å². The smallest absolute Gasteiger partial charge is 0.340 e. The summed E-state index contributed by atoms with van der Waals surface area (Å²) in [6, 6.07) is 7.43. The molecule has 0 saturated heterocycles. The van der Waals surface area contributed by atoms with Gasteiger partial charge in [-0.3, -0.25) is 4.79 Å². The summed E-state index contributed by atoms with van der Waals surface area (Å²) in [6.07, 6.45) is -0.963. The fourth-order valence-corrected chi connectivity index (χ4v) is 3.43. The topological polar surface area (TPSA) is 86.4 Å². The third-order valence-corrected chi connectivity index (χ3v) is 5.08. The molecule has 3 heterocycles. The Labute approximate surface area is 160 Å². The second kappa shape index (κ2) is 7.79. The average molecular weight is 387 g/mol. The zero-order valence-corrected chi connectivity index (χ0v) is 16.4. The molecule has 0 radical (unpaired) electrons. The minimum absolute atomic E-state index is 0.287. The summed E-state index contributed by atoms with van der Waals surface area (Å²) in [5.74, 6) is -0.133. The molecule has 0 aliphatic rings. The minimum Gasteiger partial charge on any atom is -0.449 e. The van der Waals surface area contributed by atoms with Gasteiger partial charge in [-0.2, -0.15) is 0 Å². The maximum Gasteiger partial charge on any atom is 0.340 e. The van der Waals surface area contributed by atoms with Crippen LogP contribution >= 0.6 is 11.3 Å². The first-order chi connectivity index (χ1) is 12.8. The third kappa shape index (κ3) is 4.28. The number of esters is 1. The van der Waals surface area contributed by atoms with Crippen molar-refractivity contribution in [3.05, 3.63) is 57.2 Å². The molecule has 0 bridgehead atoms. The van der Waals surface area contributed by atoms with E-state index in [4.69, 9.17) is 9.26 Å². The van der Waals surface area contributed by atoms with Gasteiger partial charge in [0.05, 0.1) is 12.1 Å². The van der Waals surface area contributed by atoms with E-state index in [0.717, 1.165) is 11.4 Å². The van der Waals surface area contributed by atoms with Gasteiger partial charge in [0.1, 0.15) is 5.76 Å². The molecule has 8 heteroatoms. The standard InChI is InChI=1S/C19H21N3O4S/c1-11-8-16(13(3)22(11)10-15-6-5-7-27-15)19(24)25-14(4)18(23)20-17-9-12(2)26-21-17/h5-9,14H,10H2,1-4H3,(H,20,21,23)/t14-/m1/s1. The number of nitrogens with zero attached hydrogens (tertiary/aromatic N) is 2. The number of aryl methyl sites for hydroxylation is 2. The number of ether oxygens (including phenoxy) is 1. The van der Waals surface area contributed by atoms with E-state index in [-0.39, 0.29) is 5.82 Å². The number of hydrogen-bond acceptors (Lipinski definition) is 6. The predicted molar refractivity (Wildman–Crippen MR) is 102 cm³/mol. The Kier molecular flexibility index (Phi) is 5.46. The number of aromatic nitrogens is 2. The number of hydrogen-bond donors (Lipinski definition) is 1. The zero-order valence-electron chi connectivity index (χ0n) is 15.6. The Balaban J connectivity index is 1.67. The second-order valence-electron chi connectivity index (χ2n) is 6.31. The average Bonchev–Trinajstić information content (AvgIpc) is 3.33. The second-order valence-corrected chi connectivity index (χ2v) is 7.34. The predicted octanol–water partition coefficient (Wildman–Crippen LogP) is 3.70. The molecule has 142 valence electrons. The van der Waals surface area contributed by atoms with Gasteiger partial charge in [0.15, 0.2) is 11.9 Å². The van der Waals surface area contributed by atoms with Crippen LogP contribution in [0.15, 0.2) is 34.2 Å². The molecule has 3 aromatic heterocycles. The fraction of sp³-hybridized carbons (Fsp3) is 0.316. The van der Waals surface area contributed by atoms with Crippen molar-refractivity contribution in [1.29, 1.82) is 0 Å². The SMILES string of the molecule is Cc1cc(NC(=O)[C@@H](C)OC(=O)c2cc(C)n(Cc3cccs3)c2C)no1. The highest BCUT2D eigenvalue weighted by Crippen LogP contribution is 2.20. The van der Waals surface area contributed by atoms with E-state index in [0.29, 0.717) is 17.9 Å². The molecule has 3 aromatic rings. The van der Waals surface area contributed by atoms with Gasteiger partial charge in [0, 0.05) is 22.3 Å². The summed E-state index contributed by atoms with van der Waals surface area (Å²) in [6.45, 7) is 7.76. The Morgan fingerprint density at radius 3 is 2.74 bits per heavy atom. The molecule has 0 spiro atoms. The number of amides is 1. The Bertz CT molecular complexity index is 956. The highest BCUT2D eigenvalue weighted by atomic mass is 32.1. The monoisotopic (exact) mass is 387 g/mol. The molecule has 27 heavy (non-hydrogen) atoms. The van der Waals surface area contributed by atoms with E-state index >= 15 is 0 Å². The van der Waals surface area contributed by atoms with Crippen LogP contribution in [0.25, 0.3) is 0 Å². The molecular formula is C19H21N3O4S. The van der Waals surface area contributed by atoms with Gasteiger partial charge < -0.3 is 19.1 Å². The number of nitrogens with one attached hydrogen (secondary N) is 1. The van der Waals surface area contributed by atoms with Crippen LogP contribution in [0, 0.1) is 20.8 Å². The van der Waals surface area contributed by atoms with Crippen LogP contribution < -0.4 is 5.32 Å². The van der Waals surface area contributed by atoms with Gasteiger partial charge in [-0.1, -0.05) is 11.2 Å². The lowest BCUT2D eigenvalue weighted by Gasteiger charge is -2.12. The minimum atomic E-state index is -0.963. The molecule has 1 atom stereocenters. The van der Waals surface area contributed by atoms with E-state index in [1.807, 2.05) is 25.3 Å². The molecule has 1 N–H and O–H groups in total. The molecule has 0 saturated carbocycles. The van der Waals surface area contributed by atoms with Gasteiger partial charge in [0.2, 0.25) is 0 Å². The van der Waals surface area contributed by atoms with Crippen molar-refractivity contribution in [2.24, 2.45) is 0 Å². The number of rotatable bonds is 6. The van der Waals surface area contributed by atoms with Gasteiger partial charge >= 0.3 is 5.97 Å². The molecule has 0 unspecified atom stereocenters. The van der Waals surface area contributed by atoms with Crippen molar-refractivity contribution >= 4 is 29.0 Å². The van der Waals surface area contributed by atoms with Crippen molar-refractivity contribution in [2.45, 2.75) is 40.3 Å². The third-order valence-electron chi connectivity index (χ3n) is 4.22. The quantitative estimate of drug-likeness (QED) is 0.652. The van der Waals surface area contributed by atoms with Crippen molar-refractivity contribution in [3.63, 3.8) is 0 Å². The molecule has 3 rings (SSSR count). The van der Waals surface area contributed by atoms with E-state index in [2.05, 4.69) is 21.1 Å². The molecule has 0 aliphatic heterocycles. The zero-order chi connectivity index (χ0) is 19.6. The first kappa shape index (κ1) is 18.9. The molecule has 1 amide bonds. The normalized spacial score (nSPS) is 12.0. The maximum atomic E-state index is 12.6. The number of anilines is 1. The van der Waals surface area contributed by atoms with Crippen LogP contribution in [0.3, 0.4) is 0 Å². The van der Waals surface area contributed by atoms with Crippen LogP contribution in [0.2, 0.25) is 0 Å². The van der Waals surface area contributed by atoms with E-state index < -0.39 is 18.0 Å². The molecule has 0 fully saturated rings. The Hall–Kier alpha value is -2.87. The van der Waals surface area contributed by atoms with Crippen LogP contribution in [-0.2, 0) is 16.1 Å². The van der Waals surface area contributed by atoms with E-state index in [1.54, 1.807) is 30.4 Å². The Morgan fingerprint density at radius 1 is 1.33 bits per heavy atom. The van der Waals surface area contributed by atoms with Crippen LogP contribution in [0.5, 0.6) is 0 Å². The van der Waals surface area contributed by atoms with Crippen molar-refractivity contribution in [2.75, 3.05) is 5.32 Å². The molecule has 0 aromatic carbocycles. The van der Waals surface area contributed by atoms with Crippen molar-refractivity contribution < 1.29 is 18.8 Å². The lowest BCUT2D eigenvalue weighted by atomic mass is 10.2. The van der Waals surface area contributed by atoms with Crippen molar-refractivity contribution in [3.8, 4) is 0 Å². The first-order valence-corrected chi connectivity index (χ1v) is 9.37. The lowest BCUT2D eigenvalue weighted by Crippen LogP contribution is -2.30. The van der Waals surface area contributed by atoms with Gasteiger partial charge in [-0.05, 0) is 45.2 Å². The lowest BCUT2D eigenvalue weighted by molar-refractivity contribution is -0.123. The van der Waals surface area contributed by atoms with Gasteiger partial charge in [0.25, 0.3) is 5.91 Å². The maximum absolute atomic E-state index is 12.6.